The molecule has 1 saturated heterocycles. The highest BCUT2D eigenvalue weighted by Crippen LogP contribution is 2.21. The molecule has 5 nitrogen and oxygen atoms in total. The predicted molar refractivity (Wildman–Crippen MR) is 105 cm³/mol. The number of amides is 1. The molecule has 1 aliphatic rings. The van der Waals surface area contributed by atoms with Gasteiger partial charge in [0.25, 0.3) is 0 Å². The lowest BCUT2D eigenvalue weighted by Gasteiger charge is -2.34. The minimum atomic E-state index is 0.102. The zero-order valence-electron chi connectivity index (χ0n) is 15.7. The second-order valence-electron chi connectivity index (χ2n) is 7.20. The van der Waals surface area contributed by atoms with E-state index in [1.807, 2.05) is 30.3 Å². The molecule has 0 saturated carbocycles. The van der Waals surface area contributed by atoms with E-state index in [4.69, 9.17) is 0 Å². The molecular weight excluding hydrogens is 324 g/mol. The van der Waals surface area contributed by atoms with Crippen LogP contribution in [0.3, 0.4) is 0 Å². The molecule has 0 spiro atoms. The SMILES string of the molecule is Cc1cccc(N2CCC(NC(=O)CN(C)Cc3cccnc3)CC2)c1. The number of benzene rings is 1. The summed E-state index contributed by atoms with van der Waals surface area (Å²) in [5.41, 5.74) is 3.69. The molecule has 0 unspecified atom stereocenters. The van der Waals surface area contributed by atoms with Crippen molar-refractivity contribution in [2.45, 2.75) is 32.4 Å². The first-order valence-electron chi connectivity index (χ1n) is 9.28. The van der Waals surface area contributed by atoms with Crippen LogP contribution in [-0.2, 0) is 11.3 Å². The molecule has 26 heavy (non-hydrogen) atoms. The number of aromatic nitrogens is 1. The Bertz CT molecular complexity index is 711. The summed E-state index contributed by atoms with van der Waals surface area (Å²) in [6.07, 6.45) is 5.59. The molecular formula is C21H28N4O. The molecule has 3 rings (SSSR count). The van der Waals surface area contributed by atoms with Crippen LogP contribution in [0, 0.1) is 6.92 Å². The molecule has 1 aromatic heterocycles. The van der Waals surface area contributed by atoms with Crippen molar-refractivity contribution in [3.05, 3.63) is 59.9 Å². The summed E-state index contributed by atoms with van der Waals surface area (Å²) in [4.78, 5) is 20.9. The Balaban J connectivity index is 1.42. The lowest BCUT2D eigenvalue weighted by Crippen LogP contribution is -2.47. The van der Waals surface area contributed by atoms with Crippen LogP contribution in [0.5, 0.6) is 0 Å². The van der Waals surface area contributed by atoms with Gasteiger partial charge in [0, 0.05) is 43.8 Å². The van der Waals surface area contributed by atoms with Crippen molar-refractivity contribution in [2.75, 3.05) is 31.6 Å². The normalized spacial score (nSPS) is 15.3. The van der Waals surface area contributed by atoms with E-state index < -0.39 is 0 Å². The fourth-order valence-corrected chi connectivity index (χ4v) is 3.48. The maximum absolute atomic E-state index is 12.3. The maximum atomic E-state index is 12.3. The number of anilines is 1. The number of carbonyl (C=O) groups is 1. The highest BCUT2D eigenvalue weighted by atomic mass is 16.2. The zero-order valence-corrected chi connectivity index (χ0v) is 15.7. The fourth-order valence-electron chi connectivity index (χ4n) is 3.48. The van der Waals surface area contributed by atoms with Gasteiger partial charge in [-0.15, -0.1) is 0 Å². The molecule has 1 N–H and O–H groups in total. The van der Waals surface area contributed by atoms with E-state index in [0.717, 1.165) is 38.0 Å². The van der Waals surface area contributed by atoms with Gasteiger partial charge in [-0.25, -0.2) is 0 Å². The van der Waals surface area contributed by atoms with Crippen LogP contribution in [-0.4, -0.2) is 48.5 Å². The lowest BCUT2D eigenvalue weighted by atomic mass is 10.0. The van der Waals surface area contributed by atoms with Crippen LogP contribution in [0.25, 0.3) is 0 Å². The molecule has 2 aromatic rings. The highest BCUT2D eigenvalue weighted by Gasteiger charge is 2.21. The minimum Gasteiger partial charge on any atom is -0.371 e. The van der Waals surface area contributed by atoms with Gasteiger partial charge in [-0.2, -0.15) is 0 Å². The van der Waals surface area contributed by atoms with Gasteiger partial charge >= 0.3 is 0 Å². The number of nitrogens with one attached hydrogen (secondary N) is 1. The van der Waals surface area contributed by atoms with Gasteiger partial charge in [0.15, 0.2) is 0 Å². The molecule has 1 aliphatic heterocycles. The molecule has 1 aromatic carbocycles. The summed E-state index contributed by atoms with van der Waals surface area (Å²) in [7, 11) is 1.97. The standard InChI is InChI=1S/C21H28N4O/c1-17-5-3-7-20(13-17)25-11-8-19(9-12-25)23-21(26)16-24(2)15-18-6-4-10-22-14-18/h3-7,10,13-14,19H,8-9,11-12,15-16H2,1-2H3,(H,23,26). The Hall–Kier alpha value is -2.40. The topological polar surface area (TPSA) is 48.5 Å². The predicted octanol–water partition coefficient (Wildman–Crippen LogP) is 2.61. The monoisotopic (exact) mass is 352 g/mol. The summed E-state index contributed by atoms with van der Waals surface area (Å²) in [5.74, 6) is 0.102. The molecule has 0 atom stereocenters. The number of piperidine rings is 1. The zero-order chi connectivity index (χ0) is 18.4. The lowest BCUT2D eigenvalue weighted by molar-refractivity contribution is -0.122. The summed E-state index contributed by atoms with van der Waals surface area (Å²) < 4.78 is 0. The number of aryl methyl sites for hydroxylation is 1. The van der Waals surface area contributed by atoms with Gasteiger partial charge in [-0.05, 0) is 56.1 Å². The van der Waals surface area contributed by atoms with E-state index in [2.05, 4.69) is 46.4 Å². The van der Waals surface area contributed by atoms with Crippen molar-refractivity contribution in [1.29, 1.82) is 0 Å². The second kappa shape index (κ2) is 8.81. The van der Waals surface area contributed by atoms with E-state index in [-0.39, 0.29) is 11.9 Å². The van der Waals surface area contributed by atoms with Crippen LogP contribution in [0.1, 0.15) is 24.0 Å². The third-order valence-corrected chi connectivity index (χ3v) is 4.82. The van der Waals surface area contributed by atoms with Crippen molar-refractivity contribution < 1.29 is 4.79 Å². The smallest absolute Gasteiger partial charge is 0.234 e. The van der Waals surface area contributed by atoms with Gasteiger partial charge < -0.3 is 10.2 Å². The van der Waals surface area contributed by atoms with Crippen molar-refractivity contribution in [3.8, 4) is 0 Å². The van der Waals surface area contributed by atoms with Gasteiger partial charge in [0.05, 0.1) is 6.54 Å². The summed E-state index contributed by atoms with van der Waals surface area (Å²) >= 11 is 0. The Morgan fingerprint density at radius 3 is 2.77 bits per heavy atom. The Morgan fingerprint density at radius 1 is 1.27 bits per heavy atom. The van der Waals surface area contributed by atoms with E-state index in [1.165, 1.54) is 11.3 Å². The van der Waals surface area contributed by atoms with Crippen molar-refractivity contribution in [3.63, 3.8) is 0 Å². The summed E-state index contributed by atoms with van der Waals surface area (Å²) in [6.45, 7) is 5.23. The van der Waals surface area contributed by atoms with Crippen LogP contribution in [0.15, 0.2) is 48.8 Å². The molecule has 1 amide bonds. The molecule has 138 valence electrons. The first-order chi connectivity index (χ1) is 12.6. The Kier molecular flexibility index (Phi) is 6.23. The Labute approximate surface area is 156 Å². The van der Waals surface area contributed by atoms with E-state index in [9.17, 15) is 4.79 Å². The molecule has 5 heteroatoms. The molecule has 0 aliphatic carbocycles. The largest absolute Gasteiger partial charge is 0.371 e. The first-order valence-corrected chi connectivity index (χ1v) is 9.28. The van der Waals surface area contributed by atoms with Gasteiger partial charge in [-0.3, -0.25) is 14.7 Å². The molecule has 2 heterocycles. The van der Waals surface area contributed by atoms with Crippen molar-refractivity contribution >= 4 is 11.6 Å². The molecule has 0 radical (unpaired) electrons. The van der Waals surface area contributed by atoms with Crippen LogP contribution in [0.2, 0.25) is 0 Å². The van der Waals surface area contributed by atoms with E-state index >= 15 is 0 Å². The van der Waals surface area contributed by atoms with Crippen molar-refractivity contribution in [2.24, 2.45) is 0 Å². The fraction of sp³-hybridized carbons (Fsp3) is 0.429. The maximum Gasteiger partial charge on any atom is 0.234 e. The molecule has 1 fully saturated rings. The number of hydrogen-bond acceptors (Lipinski definition) is 4. The van der Waals surface area contributed by atoms with Crippen LogP contribution in [0.4, 0.5) is 5.69 Å². The first kappa shape index (κ1) is 18.4. The van der Waals surface area contributed by atoms with E-state index in [0.29, 0.717) is 6.54 Å². The van der Waals surface area contributed by atoms with Crippen LogP contribution < -0.4 is 10.2 Å². The number of hydrogen-bond donors (Lipinski definition) is 1. The number of rotatable bonds is 6. The number of carbonyl (C=O) groups excluding carboxylic acids is 1. The minimum absolute atomic E-state index is 0.102. The Morgan fingerprint density at radius 2 is 2.08 bits per heavy atom. The van der Waals surface area contributed by atoms with Crippen molar-refractivity contribution in [1.82, 2.24) is 15.2 Å². The van der Waals surface area contributed by atoms with Gasteiger partial charge in [-0.1, -0.05) is 18.2 Å². The van der Waals surface area contributed by atoms with Gasteiger partial charge in [0.2, 0.25) is 5.91 Å². The third kappa shape index (κ3) is 5.30. The number of likely N-dealkylation sites (N-methyl/N-ethyl adjacent to an activating group) is 1. The quantitative estimate of drug-likeness (QED) is 0.868. The molecule has 0 bridgehead atoms. The average molecular weight is 352 g/mol. The number of nitrogens with zero attached hydrogens (tertiary/aromatic N) is 3. The van der Waals surface area contributed by atoms with Crippen LogP contribution >= 0.6 is 0 Å². The second-order valence-corrected chi connectivity index (χ2v) is 7.20. The van der Waals surface area contributed by atoms with E-state index in [1.54, 1.807) is 6.20 Å². The summed E-state index contributed by atoms with van der Waals surface area (Å²) in [5, 5.41) is 3.20. The summed E-state index contributed by atoms with van der Waals surface area (Å²) in [6, 6.07) is 12.9. The number of pyridine rings is 1. The average Bonchev–Trinajstić information content (AvgIpc) is 2.63. The van der Waals surface area contributed by atoms with Gasteiger partial charge in [0.1, 0.15) is 0 Å². The highest BCUT2D eigenvalue weighted by molar-refractivity contribution is 5.78. The third-order valence-electron chi connectivity index (χ3n) is 4.82.